The van der Waals surface area contributed by atoms with Crippen LogP contribution in [0.15, 0.2) is 30.3 Å². The first-order chi connectivity index (χ1) is 13.5. The summed E-state index contributed by atoms with van der Waals surface area (Å²) < 4.78 is 10.8. The van der Waals surface area contributed by atoms with Gasteiger partial charge in [0.2, 0.25) is 0 Å². The Labute approximate surface area is 167 Å². The monoisotopic (exact) mass is 383 g/mol. The number of carbonyl (C=O) groups is 1. The molecule has 5 nitrogen and oxygen atoms in total. The number of aldehydes is 1. The van der Waals surface area contributed by atoms with Crippen LogP contribution in [-0.4, -0.2) is 46.7 Å². The molecule has 0 saturated carbocycles. The summed E-state index contributed by atoms with van der Waals surface area (Å²) in [5, 5.41) is 0. The van der Waals surface area contributed by atoms with E-state index in [1.165, 1.54) is 16.8 Å². The second-order valence-electron chi connectivity index (χ2n) is 7.59. The van der Waals surface area contributed by atoms with Gasteiger partial charge in [0.15, 0.2) is 11.5 Å². The van der Waals surface area contributed by atoms with E-state index in [9.17, 15) is 4.79 Å². The summed E-state index contributed by atoms with van der Waals surface area (Å²) in [6, 6.07) is 10.8. The highest BCUT2D eigenvalue weighted by Gasteiger charge is 2.27. The number of hydrogen-bond acceptors (Lipinski definition) is 4. The molecule has 150 valence electrons. The quantitative estimate of drug-likeness (QED) is 0.779. The van der Waals surface area contributed by atoms with E-state index in [1.54, 1.807) is 19.1 Å². The summed E-state index contributed by atoms with van der Waals surface area (Å²) in [6.45, 7) is 10.5. The number of aryl methyl sites for hydroxylation is 2. The predicted octanol–water partition coefficient (Wildman–Crippen LogP) is 2.60. The summed E-state index contributed by atoms with van der Waals surface area (Å²) in [5.41, 5.74) is 5.52. The normalized spacial score (nSPS) is 16.0. The summed E-state index contributed by atoms with van der Waals surface area (Å²) in [7, 11) is 3.34. The number of benzene rings is 2. The van der Waals surface area contributed by atoms with Gasteiger partial charge in [-0.1, -0.05) is 0 Å². The van der Waals surface area contributed by atoms with E-state index in [2.05, 4.69) is 36.9 Å². The van der Waals surface area contributed by atoms with Crippen LogP contribution in [0.4, 0.5) is 5.69 Å². The van der Waals surface area contributed by atoms with E-state index < -0.39 is 0 Å². The smallest absolute Gasteiger partial charge is 0.161 e. The van der Waals surface area contributed by atoms with Crippen molar-refractivity contribution in [3.63, 3.8) is 0 Å². The molecular formula is C23H31N2O3+. The molecule has 1 aliphatic rings. The Morgan fingerprint density at radius 2 is 1.68 bits per heavy atom. The zero-order valence-electron chi connectivity index (χ0n) is 17.5. The molecule has 0 spiro atoms. The Morgan fingerprint density at radius 3 is 2.29 bits per heavy atom. The van der Waals surface area contributed by atoms with E-state index in [0.29, 0.717) is 6.04 Å². The molecule has 5 heteroatoms. The van der Waals surface area contributed by atoms with Gasteiger partial charge in [0, 0.05) is 16.8 Å². The summed E-state index contributed by atoms with van der Waals surface area (Å²) in [5.74, 6) is 1.55. The Hall–Kier alpha value is -2.53. The van der Waals surface area contributed by atoms with Gasteiger partial charge in [-0.3, -0.25) is 4.79 Å². The van der Waals surface area contributed by atoms with E-state index >= 15 is 0 Å². The van der Waals surface area contributed by atoms with Gasteiger partial charge in [-0.05, 0) is 62.2 Å². The highest BCUT2D eigenvalue weighted by molar-refractivity contribution is 5.79. The van der Waals surface area contributed by atoms with Crippen molar-refractivity contribution in [3.05, 3.63) is 52.6 Å². The SMILES string of the molecule is COc1ccc([C@H](C)[NH+]2CCN(c3cc(C)c(C=O)cc3C)CC2)cc1OC. The molecule has 0 aromatic heterocycles. The molecule has 0 unspecified atom stereocenters. The number of anilines is 1. The minimum Gasteiger partial charge on any atom is -0.493 e. The molecule has 1 saturated heterocycles. The lowest BCUT2D eigenvalue weighted by Crippen LogP contribution is -3.14. The zero-order valence-corrected chi connectivity index (χ0v) is 17.5. The third kappa shape index (κ3) is 3.99. The maximum absolute atomic E-state index is 11.2. The molecule has 0 amide bonds. The molecule has 28 heavy (non-hydrogen) atoms. The van der Waals surface area contributed by atoms with Gasteiger partial charge in [0.25, 0.3) is 0 Å². The molecular weight excluding hydrogens is 352 g/mol. The number of piperazine rings is 1. The number of nitrogens with zero attached hydrogens (tertiary/aromatic N) is 1. The number of carbonyl (C=O) groups excluding carboxylic acids is 1. The third-order valence-electron chi connectivity index (χ3n) is 5.98. The van der Waals surface area contributed by atoms with Crippen LogP contribution in [0.25, 0.3) is 0 Å². The molecule has 1 N–H and O–H groups in total. The van der Waals surface area contributed by atoms with E-state index in [4.69, 9.17) is 9.47 Å². The van der Waals surface area contributed by atoms with Crippen LogP contribution in [0, 0.1) is 13.8 Å². The fourth-order valence-corrected chi connectivity index (χ4v) is 4.12. The summed E-state index contributed by atoms with van der Waals surface area (Å²) in [6.07, 6.45) is 0.943. The molecule has 0 aliphatic carbocycles. The molecule has 1 atom stereocenters. The second kappa shape index (κ2) is 8.65. The van der Waals surface area contributed by atoms with Crippen molar-refractivity contribution in [1.29, 1.82) is 0 Å². The first kappa shape index (κ1) is 20.2. The van der Waals surface area contributed by atoms with Gasteiger partial charge in [-0.25, -0.2) is 0 Å². The first-order valence-corrected chi connectivity index (χ1v) is 9.86. The second-order valence-corrected chi connectivity index (χ2v) is 7.59. The molecule has 2 aromatic rings. The molecule has 1 fully saturated rings. The summed E-state index contributed by atoms with van der Waals surface area (Å²) >= 11 is 0. The number of rotatable bonds is 6. The third-order valence-corrected chi connectivity index (χ3v) is 5.98. The average Bonchev–Trinajstić information content (AvgIpc) is 2.74. The highest BCUT2D eigenvalue weighted by atomic mass is 16.5. The molecule has 2 aromatic carbocycles. The van der Waals surface area contributed by atoms with Crippen LogP contribution >= 0.6 is 0 Å². The van der Waals surface area contributed by atoms with Crippen LogP contribution in [0.2, 0.25) is 0 Å². The van der Waals surface area contributed by atoms with Crippen LogP contribution in [0.3, 0.4) is 0 Å². The van der Waals surface area contributed by atoms with Crippen molar-refractivity contribution in [2.24, 2.45) is 0 Å². The number of hydrogen-bond donors (Lipinski definition) is 1. The van der Waals surface area contributed by atoms with Crippen molar-refractivity contribution in [3.8, 4) is 11.5 Å². The van der Waals surface area contributed by atoms with Crippen molar-refractivity contribution in [1.82, 2.24) is 0 Å². The van der Waals surface area contributed by atoms with Crippen LogP contribution in [-0.2, 0) is 0 Å². The van der Waals surface area contributed by atoms with E-state index in [-0.39, 0.29) is 0 Å². The van der Waals surface area contributed by atoms with Gasteiger partial charge in [-0.15, -0.1) is 0 Å². The van der Waals surface area contributed by atoms with Crippen LogP contribution in [0.1, 0.15) is 40.0 Å². The van der Waals surface area contributed by atoms with Crippen molar-refractivity contribution >= 4 is 12.0 Å². The van der Waals surface area contributed by atoms with Gasteiger partial charge in [-0.2, -0.15) is 0 Å². The Balaban J connectivity index is 1.70. The molecule has 0 bridgehead atoms. The lowest BCUT2D eigenvalue weighted by Gasteiger charge is -2.37. The van der Waals surface area contributed by atoms with Gasteiger partial charge < -0.3 is 19.3 Å². The maximum Gasteiger partial charge on any atom is 0.161 e. The summed E-state index contributed by atoms with van der Waals surface area (Å²) in [4.78, 5) is 15.2. The van der Waals surface area contributed by atoms with E-state index in [1.807, 2.05) is 19.1 Å². The predicted molar refractivity (Wildman–Crippen MR) is 112 cm³/mol. The minimum absolute atomic E-state index is 0.391. The Kier molecular flexibility index (Phi) is 6.25. The topological polar surface area (TPSA) is 43.2 Å². The Morgan fingerprint density at radius 1 is 1.00 bits per heavy atom. The maximum atomic E-state index is 11.2. The minimum atomic E-state index is 0.391. The van der Waals surface area contributed by atoms with Crippen molar-refractivity contribution < 1.29 is 19.2 Å². The first-order valence-electron chi connectivity index (χ1n) is 9.86. The largest absolute Gasteiger partial charge is 0.493 e. The van der Waals surface area contributed by atoms with Gasteiger partial charge in [0.05, 0.1) is 40.4 Å². The standard InChI is InChI=1S/C23H30N2O3/c1-16-13-21(17(2)12-20(16)15-26)25-10-8-24(9-11-25)18(3)19-6-7-22(27-4)23(14-19)28-5/h6-7,12-15,18H,8-11H2,1-5H3/p+1/t18-/m0/s1. The Bertz CT molecular complexity index is 842. The lowest BCUT2D eigenvalue weighted by atomic mass is 10.0. The van der Waals surface area contributed by atoms with Crippen molar-refractivity contribution in [2.75, 3.05) is 45.3 Å². The lowest BCUT2D eigenvalue weighted by molar-refractivity contribution is -0.930. The van der Waals surface area contributed by atoms with Gasteiger partial charge >= 0.3 is 0 Å². The van der Waals surface area contributed by atoms with Crippen LogP contribution in [0.5, 0.6) is 11.5 Å². The van der Waals surface area contributed by atoms with Gasteiger partial charge in [0.1, 0.15) is 12.3 Å². The van der Waals surface area contributed by atoms with E-state index in [0.717, 1.165) is 55.1 Å². The number of methoxy groups -OCH3 is 2. The molecule has 1 aliphatic heterocycles. The van der Waals surface area contributed by atoms with Crippen LogP contribution < -0.4 is 19.3 Å². The molecule has 3 rings (SSSR count). The van der Waals surface area contributed by atoms with Crippen molar-refractivity contribution in [2.45, 2.75) is 26.8 Å². The number of nitrogens with one attached hydrogen (secondary N) is 1. The highest BCUT2D eigenvalue weighted by Crippen LogP contribution is 2.29. The fourth-order valence-electron chi connectivity index (χ4n) is 4.12. The number of quaternary nitrogens is 1. The number of ether oxygens (including phenoxy) is 2. The molecule has 1 heterocycles. The zero-order chi connectivity index (χ0) is 20.3. The fraction of sp³-hybridized carbons (Fsp3) is 0.435. The average molecular weight is 384 g/mol. The molecule has 0 radical (unpaired) electrons.